The number of ketones is 2. The predicted molar refractivity (Wildman–Crippen MR) is 219 cm³/mol. The number of benzene rings is 3. The van der Waals surface area contributed by atoms with Crippen LogP contribution in [0.1, 0.15) is 49.1 Å². The quantitative estimate of drug-likeness (QED) is 0.104. The van der Waals surface area contributed by atoms with E-state index in [1.807, 2.05) is 30.3 Å². The van der Waals surface area contributed by atoms with Gasteiger partial charge in [-0.2, -0.15) is 10.2 Å². The third-order valence-corrected chi connectivity index (χ3v) is 9.56. The fraction of sp³-hybridized carbons (Fsp3) is 0.136. The summed E-state index contributed by atoms with van der Waals surface area (Å²) in [5, 5.41) is 15.3. The van der Waals surface area contributed by atoms with Gasteiger partial charge in [-0.3, -0.25) is 28.8 Å². The summed E-state index contributed by atoms with van der Waals surface area (Å²) in [6.07, 6.45) is 1.96. The first-order valence-corrected chi connectivity index (χ1v) is 18.8. The van der Waals surface area contributed by atoms with Crippen LogP contribution in [0.5, 0.6) is 0 Å². The zero-order valence-electron chi connectivity index (χ0n) is 32.2. The average Bonchev–Trinajstić information content (AvgIpc) is 3.87. The minimum absolute atomic E-state index is 0.0491. The minimum Gasteiger partial charge on any atom is -0.363 e. The van der Waals surface area contributed by atoms with Crippen LogP contribution in [0.25, 0.3) is 22.5 Å². The molecule has 16 heteroatoms. The molecule has 4 aromatic heterocycles. The van der Waals surface area contributed by atoms with Gasteiger partial charge >= 0.3 is 0 Å². The lowest BCUT2D eigenvalue weighted by atomic mass is 10.0. The molecule has 6 N–H and O–H groups in total. The Hall–Kier alpha value is -8.14. The number of carbonyl (C=O) groups is 6. The first-order chi connectivity index (χ1) is 28.9. The summed E-state index contributed by atoms with van der Waals surface area (Å²) in [7, 11) is 0. The number of nitrogens with zero attached hydrogens (tertiary/aromatic N) is 6. The van der Waals surface area contributed by atoms with E-state index < -0.39 is 47.3 Å². The molecule has 300 valence electrons. The van der Waals surface area contributed by atoms with Gasteiger partial charge in [-0.15, -0.1) is 0 Å². The third-order valence-electron chi connectivity index (χ3n) is 9.56. The SMILES string of the molecule is Cc1cc(C(=O)NC(Cc2ccccc2)C(=O)C(N)=O)n(-c2ccc3cc(Cc4cc(C(=O)NC(Cc5ccccc5)C(=O)C(N)=O)n(-c5ccccn5)n4)ccc3n2)n1. The number of pyridine rings is 2. The number of carbonyl (C=O) groups excluding carboxylic acids is 6. The summed E-state index contributed by atoms with van der Waals surface area (Å²) in [6.45, 7) is 1.71. The molecule has 0 saturated heterocycles. The van der Waals surface area contributed by atoms with Crippen LogP contribution in [-0.2, 0) is 38.4 Å². The van der Waals surface area contributed by atoms with E-state index in [4.69, 9.17) is 21.5 Å². The van der Waals surface area contributed by atoms with Crippen LogP contribution in [0.3, 0.4) is 0 Å². The van der Waals surface area contributed by atoms with Crippen molar-refractivity contribution in [2.45, 2.75) is 38.3 Å². The Balaban J connectivity index is 1.13. The van der Waals surface area contributed by atoms with E-state index in [-0.39, 0.29) is 24.2 Å². The Morgan fingerprint density at radius 3 is 1.73 bits per heavy atom. The second-order valence-corrected chi connectivity index (χ2v) is 14.0. The zero-order valence-corrected chi connectivity index (χ0v) is 32.2. The van der Waals surface area contributed by atoms with Crippen molar-refractivity contribution >= 4 is 46.1 Å². The Morgan fingerprint density at radius 1 is 0.600 bits per heavy atom. The fourth-order valence-corrected chi connectivity index (χ4v) is 6.70. The maximum atomic E-state index is 13.8. The number of aromatic nitrogens is 6. The molecular weight excluding hydrogens is 765 g/mol. The highest BCUT2D eigenvalue weighted by molar-refractivity contribution is 6.38. The number of hydrogen-bond acceptors (Lipinski definition) is 10. The normalized spacial score (nSPS) is 12.0. The minimum atomic E-state index is -1.22. The number of amides is 4. The number of nitrogens with one attached hydrogen (secondary N) is 2. The number of primary amides is 2. The molecule has 2 unspecified atom stereocenters. The smallest absolute Gasteiger partial charge is 0.287 e. The molecule has 0 spiro atoms. The molecule has 0 radical (unpaired) electrons. The third kappa shape index (κ3) is 9.18. The molecule has 4 heterocycles. The molecule has 0 aliphatic rings. The largest absolute Gasteiger partial charge is 0.363 e. The standard InChI is InChI=1S/C44H38N10O6/c1-26-20-35(43(59)49-33(39(55)41(45)57)23-27-10-4-2-5-11-27)54(51-26)38-18-16-30-21-29(15-17-32(30)48-38)22-31-25-36(53(52-31)37-14-8-9-19-47-37)44(60)50-34(40(56)42(46)58)24-28-12-6-3-7-13-28/h2-21,25,33-34H,22-24H2,1H3,(H2,45,57)(H2,46,58)(H,49,59)(H,50,60). The average molecular weight is 803 g/mol. The second-order valence-electron chi connectivity index (χ2n) is 14.0. The highest BCUT2D eigenvalue weighted by atomic mass is 16.2. The monoisotopic (exact) mass is 802 g/mol. The van der Waals surface area contributed by atoms with E-state index in [1.54, 1.807) is 104 Å². The molecule has 7 aromatic rings. The number of rotatable bonds is 16. The van der Waals surface area contributed by atoms with E-state index in [0.717, 1.165) is 22.1 Å². The predicted octanol–water partition coefficient (Wildman–Crippen LogP) is 2.69. The van der Waals surface area contributed by atoms with E-state index in [2.05, 4.69) is 20.7 Å². The summed E-state index contributed by atoms with van der Waals surface area (Å²) in [4.78, 5) is 86.0. The van der Waals surface area contributed by atoms with Crippen molar-refractivity contribution in [3.8, 4) is 11.6 Å². The van der Waals surface area contributed by atoms with Crippen LogP contribution in [0.4, 0.5) is 0 Å². The summed E-state index contributed by atoms with van der Waals surface area (Å²) < 4.78 is 2.74. The number of fused-ring (bicyclic) bond motifs is 1. The Labute approximate surface area is 342 Å². The van der Waals surface area contributed by atoms with Crippen molar-refractivity contribution in [3.05, 3.63) is 167 Å². The maximum absolute atomic E-state index is 13.8. The van der Waals surface area contributed by atoms with Gasteiger partial charge < -0.3 is 22.1 Å². The fourth-order valence-electron chi connectivity index (χ4n) is 6.70. The van der Waals surface area contributed by atoms with E-state index in [1.165, 1.54) is 9.36 Å². The van der Waals surface area contributed by atoms with Crippen LogP contribution in [0.15, 0.2) is 128 Å². The summed E-state index contributed by atoms with van der Waals surface area (Å²) in [5.74, 6) is -4.80. The van der Waals surface area contributed by atoms with Gasteiger partial charge in [-0.25, -0.2) is 19.3 Å². The lowest BCUT2D eigenvalue weighted by molar-refractivity contribution is -0.137. The Bertz CT molecular complexity index is 2750. The number of hydrogen-bond donors (Lipinski definition) is 4. The van der Waals surface area contributed by atoms with Crippen LogP contribution in [-0.4, -0.2) is 76.8 Å². The molecule has 16 nitrogen and oxygen atoms in total. The highest BCUT2D eigenvalue weighted by Gasteiger charge is 2.29. The molecule has 2 atom stereocenters. The topological polar surface area (TPSA) is 240 Å². The first kappa shape index (κ1) is 40.1. The maximum Gasteiger partial charge on any atom is 0.287 e. The number of Topliss-reactive ketones (excluding diaryl/α,β-unsaturated/α-hetero) is 2. The van der Waals surface area contributed by atoms with Crippen LogP contribution in [0, 0.1) is 6.92 Å². The summed E-state index contributed by atoms with van der Waals surface area (Å²) in [6, 6.07) is 32.9. The van der Waals surface area contributed by atoms with Gasteiger partial charge in [0.25, 0.3) is 23.6 Å². The molecule has 0 saturated carbocycles. The Kier molecular flexibility index (Phi) is 11.7. The molecule has 3 aromatic carbocycles. The molecule has 0 aliphatic carbocycles. The van der Waals surface area contributed by atoms with Crippen LogP contribution in [0.2, 0.25) is 0 Å². The van der Waals surface area contributed by atoms with Crippen molar-refractivity contribution in [1.82, 2.24) is 40.2 Å². The molecule has 0 bridgehead atoms. The van der Waals surface area contributed by atoms with Crippen molar-refractivity contribution in [3.63, 3.8) is 0 Å². The highest BCUT2D eigenvalue weighted by Crippen LogP contribution is 2.22. The molecule has 7 rings (SSSR count). The zero-order chi connectivity index (χ0) is 42.3. The van der Waals surface area contributed by atoms with Crippen molar-refractivity contribution in [2.24, 2.45) is 11.5 Å². The van der Waals surface area contributed by atoms with Crippen LogP contribution < -0.4 is 22.1 Å². The summed E-state index contributed by atoms with van der Waals surface area (Å²) >= 11 is 0. The molecule has 0 fully saturated rings. The molecular formula is C44H38N10O6. The molecule has 4 amide bonds. The summed E-state index contributed by atoms with van der Waals surface area (Å²) in [5.41, 5.74) is 14.8. The van der Waals surface area contributed by atoms with Gasteiger partial charge in [0.15, 0.2) is 11.6 Å². The van der Waals surface area contributed by atoms with Gasteiger partial charge in [0.1, 0.15) is 23.5 Å². The van der Waals surface area contributed by atoms with Gasteiger partial charge in [-0.05, 0) is 72.1 Å². The number of nitrogens with two attached hydrogens (primary N) is 2. The van der Waals surface area contributed by atoms with Gasteiger partial charge in [0.05, 0.1) is 16.9 Å². The van der Waals surface area contributed by atoms with E-state index in [0.29, 0.717) is 35.0 Å². The lowest BCUT2D eigenvalue weighted by Gasteiger charge is -2.17. The van der Waals surface area contributed by atoms with Gasteiger partial charge in [0.2, 0.25) is 11.6 Å². The van der Waals surface area contributed by atoms with Gasteiger partial charge in [0, 0.05) is 30.8 Å². The molecule has 60 heavy (non-hydrogen) atoms. The second kappa shape index (κ2) is 17.6. The first-order valence-electron chi connectivity index (χ1n) is 18.8. The van der Waals surface area contributed by atoms with Crippen molar-refractivity contribution in [1.29, 1.82) is 0 Å². The molecule has 0 aliphatic heterocycles. The van der Waals surface area contributed by atoms with Crippen molar-refractivity contribution < 1.29 is 28.8 Å². The Morgan fingerprint density at radius 2 is 1.17 bits per heavy atom. The lowest BCUT2D eigenvalue weighted by Crippen LogP contribution is -2.47. The van der Waals surface area contributed by atoms with Crippen LogP contribution >= 0.6 is 0 Å². The number of aryl methyl sites for hydroxylation is 1. The van der Waals surface area contributed by atoms with Crippen molar-refractivity contribution in [2.75, 3.05) is 0 Å². The van der Waals surface area contributed by atoms with Gasteiger partial charge in [-0.1, -0.05) is 72.8 Å². The van der Waals surface area contributed by atoms with E-state index in [9.17, 15) is 28.8 Å². The van der Waals surface area contributed by atoms with E-state index >= 15 is 0 Å².